The van der Waals surface area contributed by atoms with Crippen molar-refractivity contribution in [1.29, 1.82) is 0 Å². The smallest absolute Gasteiger partial charge is 1.00 e. The molecule has 3 rings (SSSR count). The third-order valence-corrected chi connectivity index (χ3v) is 3.57. The average Bonchev–Trinajstić information content (AvgIpc) is 3.03. The number of methoxy groups -OCH3 is 1. The summed E-state index contributed by atoms with van der Waals surface area (Å²) >= 11 is 0. The van der Waals surface area contributed by atoms with Gasteiger partial charge in [0.05, 0.1) is 7.11 Å². The van der Waals surface area contributed by atoms with Gasteiger partial charge in [-0.3, -0.25) is 4.79 Å². The molecule has 0 bridgehead atoms. The number of carbonyl (C=O) groups excluding carboxylic acids is 1. The summed E-state index contributed by atoms with van der Waals surface area (Å²) in [6.45, 7) is 0.918. The number of ether oxygens (including phenoxy) is 1. The zero-order valence-electron chi connectivity index (χ0n) is 14.2. The Hall–Kier alpha value is -2.05. The normalized spacial score (nSPS) is 9.58. The molecular weight excluding hydrogens is 446 g/mol. The molecule has 1 heterocycles. The van der Waals surface area contributed by atoms with Crippen LogP contribution >= 0.6 is 0 Å². The molecule has 1 amide bonds. The Morgan fingerprint density at radius 3 is 2.50 bits per heavy atom. The summed E-state index contributed by atoms with van der Waals surface area (Å²) in [7, 11) is 1.65. The molecule has 7 heteroatoms. The predicted octanol–water partition coefficient (Wildman–Crippen LogP) is -0.727. The molecule has 1 aromatic heterocycles. The third kappa shape index (κ3) is 6.35. The van der Waals surface area contributed by atoms with E-state index >= 15 is 0 Å². The molecule has 5 nitrogen and oxygen atoms in total. The number of anilines is 1. The molecule has 139 valence electrons. The van der Waals surface area contributed by atoms with Gasteiger partial charge in [0.2, 0.25) is 0 Å². The standard InChI is InChI=1S/C19H19N3O2.Ag.ClH/c1-24-18-9-7-16(8-10-18)13-21-11-12-22(15-21)14-19(23)20-17-5-3-2-4-6-17;;/h2-12H,13-14H2,1H3,(H,20,23);;1H/q2*+1;/p-1. The van der Waals surface area contributed by atoms with E-state index in [1.54, 1.807) is 11.7 Å². The summed E-state index contributed by atoms with van der Waals surface area (Å²) < 4.78 is 8.81. The van der Waals surface area contributed by atoms with E-state index in [-0.39, 0.29) is 47.2 Å². The number of hydrogen-bond acceptors (Lipinski definition) is 2. The van der Waals surface area contributed by atoms with Gasteiger partial charge in [0, 0.05) is 5.69 Å². The fourth-order valence-corrected chi connectivity index (χ4v) is 2.37. The van der Waals surface area contributed by atoms with E-state index in [9.17, 15) is 4.79 Å². The van der Waals surface area contributed by atoms with Gasteiger partial charge in [0.25, 0.3) is 5.91 Å². The molecule has 0 atom stereocenters. The van der Waals surface area contributed by atoms with Crippen molar-refractivity contribution in [2.24, 2.45) is 0 Å². The van der Waals surface area contributed by atoms with Crippen LogP contribution in [0.2, 0.25) is 0 Å². The van der Waals surface area contributed by atoms with Crippen molar-refractivity contribution in [1.82, 2.24) is 4.57 Å². The zero-order valence-corrected chi connectivity index (χ0v) is 16.4. The second-order valence-electron chi connectivity index (χ2n) is 5.42. The molecule has 2 aromatic carbocycles. The SMILES string of the molecule is COc1ccc(C[n+]2[c]n(CC(=O)Nc3ccccc3)cc2)cc1.[Ag+].[Cl-]. The van der Waals surface area contributed by atoms with Crippen LogP contribution in [0.25, 0.3) is 0 Å². The van der Waals surface area contributed by atoms with Crippen LogP contribution in [-0.4, -0.2) is 17.6 Å². The first kappa shape index (κ1) is 22.0. The largest absolute Gasteiger partial charge is 1.00 e. The number of para-hydroxylation sites is 1. The van der Waals surface area contributed by atoms with Crippen LogP contribution in [0.5, 0.6) is 5.75 Å². The Labute approximate surface area is 174 Å². The Morgan fingerprint density at radius 2 is 1.85 bits per heavy atom. The summed E-state index contributed by atoms with van der Waals surface area (Å²) in [5.41, 5.74) is 1.93. The molecule has 0 aliphatic carbocycles. The van der Waals surface area contributed by atoms with Gasteiger partial charge in [-0.05, 0) is 29.8 Å². The van der Waals surface area contributed by atoms with Crippen molar-refractivity contribution in [2.45, 2.75) is 13.1 Å². The molecule has 3 aromatic rings. The van der Waals surface area contributed by atoms with Crippen molar-refractivity contribution in [3.8, 4) is 5.75 Å². The van der Waals surface area contributed by atoms with E-state index in [0.717, 1.165) is 17.0 Å². The van der Waals surface area contributed by atoms with Gasteiger partial charge in [-0.25, -0.2) is 9.13 Å². The van der Waals surface area contributed by atoms with E-state index in [2.05, 4.69) is 11.6 Å². The second kappa shape index (κ2) is 10.8. The Balaban J connectivity index is 0.00000169. The van der Waals surface area contributed by atoms with E-state index in [4.69, 9.17) is 4.74 Å². The fraction of sp³-hybridized carbons (Fsp3) is 0.158. The topological polar surface area (TPSA) is 47.1 Å². The van der Waals surface area contributed by atoms with Crippen molar-refractivity contribution in [3.63, 3.8) is 0 Å². The van der Waals surface area contributed by atoms with Crippen LogP contribution in [0, 0.1) is 6.33 Å². The number of halogens is 1. The van der Waals surface area contributed by atoms with Crippen molar-refractivity contribution in [2.75, 3.05) is 12.4 Å². The van der Waals surface area contributed by atoms with Gasteiger partial charge >= 0.3 is 28.7 Å². The van der Waals surface area contributed by atoms with E-state index in [0.29, 0.717) is 6.54 Å². The third-order valence-electron chi connectivity index (χ3n) is 3.57. The first-order chi connectivity index (χ1) is 11.7. The molecule has 0 unspecified atom stereocenters. The number of hydrogen-bond donors (Lipinski definition) is 1. The van der Waals surface area contributed by atoms with E-state index in [1.807, 2.05) is 71.6 Å². The first-order valence-electron chi connectivity index (χ1n) is 7.69. The average molecular weight is 465 g/mol. The van der Waals surface area contributed by atoms with Crippen LogP contribution in [0.4, 0.5) is 5.69 Å². The molecule has 0 saturated carbocycles. The van der Waals surface area contributed by atoms with Crippen LogP contribution in [0.1, 0.15) is 5.56 Å². The second-order valence-corrected chi connectivity index (χ2v) is 5.42. The fourth-order valence-electron chi connectivity index (χ4n) is 2.37. The molecule has 0 aliphatic heterocycles. The molecule has 26 heavy (non-hydrogen) atoms. The summed E-state index contributed by atoms with van der Waals surface area (Å²) in [5, 5.41) is 2.86. The van der Waals surface area contributed by atoms with Crippen LogP contribution in [0.3, 0.4) is 0 Å². The van der Waals surface area contributed by atoms with Crippen molar-refractivity contribution in [3.05, 3.63) is 78.9 Å². The van der Waals surface area contributed by atoms with Crippen molar-refractivity contribution >= 4 is 11.6 Å². The maximum Gasteiger partial charge on any atom is 1.00 e. The summed E-state index contributed by atoms with van der Waals surface area (Å²) in [4.78, 5) is 12.0. The molecule has 0 aliphatic rings. The van der Waals surface area contributed by atoms with E-state index in [1.165, 1.54) is 0 Å². The van der Waals surface area contributed by atoms with Gasteiger partial charge in [-0.15, -0.1) is 0 Å². The van der Waals surface area contributed by atoms with Crippen LogP contribution in [0.15, 0.2) is 67.0 Å². The number of nitrogens with zero attached hydrogens (tertiary/aromatic N) is 2. The molecule has 0 fully saturated rings. The van der Waals surface area contributed by atoms with Crippen LogP contribution in [-0.2, 0) is 40.3 Å². The summed E-state index contributed by atoms with van der Waals surface area (Å²) in [6.07, 6.45) is 6.89. The Morgan fingerprint density at radius 1 is 1.15 bits per heavy atom. The number of benzene rings is 2. The monoisotopic (exact) mass is 463 g/mol. The minimum absolute atomic E-state index is 0. The maximum atomic E-state index is 12.0. The van der Waals surface area contributed by atoms with Crippen molar-refractivity contribution < 1.29 is 48.9 Å². The maximum absolute atomic E-state index is 12.0. The summed E-state index contributed by atoms with van der Waals surface area (Å²) in [6, 6.07) is 17.3. The zero-order chi connectivity index (χ0) is 16.8. The number of carbonyl (C=O) groups is 1. The van der Waals surface area contributed by atoms with Gasteiger partial charge in [-0.1, -0.05) is 30.3 Å². The molecular formula is C19H19AgClN3O2+. The van der Waals surface area contributed by atoms with Gasteiger partial charge in [0.1, 0.15) is 24.7 Å². The first-order valence-corrected chi connectivity index (χ1v) is 7.69. The number of aromatic nitrogens is 2. The van der Waals surface area contributed by atoms with Gasteiger partial charge < -0.3 is 22.5 Å². The number of amides is 1. The van der Waals surface area contributed by atoms with Gasteiger partial charge in [-0.2, -0.15) is 0 Å². The van der Waals surface area contributed by atoms with E-state index < -0.39 is 0 Å². The predicted molar refractivity (Wildman–Crippen MR) is 90.6 cm³/mol. The minimum atomic E-state index is -0.0790. The minimum Gasteiger partial charge on any atom is -1.00 e. The van der Waals surface area contributed by atoms with Crippen LogP contribution < -0.4 is 27.0 Å². The molecule has 1 radical (unpaired) electrons. The Bertz CT molecular complexity index is 807. The van der Waals surface area contributed by atoms with Gasteiger partial charge in [0.15, 0.2) is 6.54 Å². The summed E-state index contributed by atoms with van der Waals surface area (Å²) in [5.74, 6) is 0.757. The molecule has 0 saturated heterocycles. The number of rotatable bonds is 6. The molecule has 0 spiro atoms. The number of nitrogens with one attached hydrogen (secondary N) is 1. The Kier molecular flexibility index (Phi) is 9.16. The number of imidazole rings is 1. The quantitative estimate of drug-likeness (QED) is 0.386. The molecule has 1 N–H and O–H groups in total.